The van der Waals surface area contributed by atoms with Crippen molar-refractivity contribution in [1.29, 1.82) is 0 Å². The number of ketones is 1. The van der Waals surface area contributed by atoms with Crippen molar-refractivity contribution >= 4 is 45.9 Å². The van der Waals surface area contributed by atoms with Gasteiger partial charge in [0.25, 0.3) is 11.8 Å². The Hall–Kier alpha value is -5.31. The van der Waals surface area contributed by atoms with Crippen LogP contribution in [0.25, 0.3) is 10.8 Å². The zero-order valence-electron chi connectivity index (χ0n) is 25.4. The molecule has 0 radical (unpaired) electrons. The molecular weight excluding hydrogens is 582 g/mol. The van der Waals surface area contributed by atoms with E-state index in [-0.39, 0.29) is 19.3 Å². The zero-order valence-corrected chi connectivity index (χ0v) is 25.4. The van der Waals surface area contributed by atoms with Crippen LogP contribution in [0.15, 0.2) is 91.0 Å². The fourth-order valence-electron chi connectivity index (χ4n) is 6.52. The number of rotatable bonds is 12. The van der Waals surface area contributed by atoms with Gasteiger partial charge in [-0.1, -0.05) is 72.8 Å². The maximum absolute atomic E-state index is 13.7. The average molecular weight is 618 g/mol. The summed E-state index contributed by atoms with van der Waals surface area (Å²) in [4.78, 5) is 69.7. The Balaban J connectivity index is 1.21. The van der Waals surface area contributed by atoms with Gasteiger partial charge in [0.15, 0.2) is 5.78 Å². The summed E-state index contributed by atoms with van der Waals surface area (Å²) < 4.78 is 0. The van der Waals surface area contributed by atoms with E-state index in [4.69, 9.17) is 0 Å². The minimum Gasteiger partial charge on any atom is -0.481 e. The minimum absolute atomic E-state index is 0.131. The van der Waals surface area contributed by atoms with Crippen molar-refractivity contribution in [2.24, 2.45) is 5.92 Å². The molecule has 0 aliphatic carbocycles. The summed E-state index contributed by atoms with van der Waals surface area (Å²) in [6.45, 7) is 1.25. The molecule has 2 atom stereocenters. The number of carboxylic acids is 1. The number of hydrogen-bond acceptors (Lipinski definition) is 6. The van der Waals surface area contributed by atoms with Crippen LogP contribution >= 0.6 is 0 Å². The maximum atomic E-state index is 13.7. The summed E-state index contributed by atoms with van der Waals surface area (Å²) >= 11 is 0. The molecule has 2 aliphatic heterocycles. The quantitative estimate of drug-likeness (QED) is 0.222. The van der Waals surface area contributed by atoms with Crippen molar-refractivity contribution in [3.8, 4) is 0 Å². The summed E-state index contributed by atoms with van der Waals surface area (Å²) in [5, 5.41) is 14.1. The molecule has 9 nitrogen and oxygen atoms in total. The topological polar surface area (TPSA) is 124 Å². The lowest BCUT2D eigenvalue weighted by Gasteiger charge is -2.29. The molecule has 6 rings (SSSR count). The zero-order chi connectivity index (χ0) is 32.2. The summed E-state index contributed by atoms with van der Waals surface area (Å²) in [6, 6.07) is 26.1. The van der Waals surface area contributed by atoms with Gasteiger partial charge in [-0.15, -0.1) is 0 Å². The van der Waals surface area contributed by atoms with E-state index in [9.17, 15) is 29.1 Å². The highest BCUT2D eigenvalue weighted by atomic mass is 16.4. The van der Waals surface area contributed by atoms with Crippen molar-refractivity contribution in [1.82, 2.24) is 10.2 Å². The predicted molar refractivity (Wildman–Crippen MR) is 174 cm³/mol. The van der Waals surface area contributed by atoms with E-state index >= 15 is 0 Å². The van der Waals surface area contributed by atoms with Crippen molar-refractivity contribution in [2.75, 3.05) is 24.5 Å². The number of carbonyl (C=O) groups is 5. The molecular formula is C37H35N3O6. The number of amides is 3. The van der Waals surface area contributed by atoms with Gasteiger partial charge in [0.1, 0.15) is 6.54 Å². The molecule has 2 unspecified atom stereocenters. The second-order valence-electron chi connectivity index (χ2n) is 12.0. The van der Waals surface area contributed by atoms with Crippen LogP contribution < -0.4 is 10.2 Å². The molecule has 234 valence electrons. The first-order valence-corrected chi connectivity index (χ1v) is 15.6. The number of anilines is 1. The number of nitrogens with one attached hydrogen (secondary N) is 1. The van der Waals surface area contributed by atoms with Gasteiger partial charge in [-0.3, -0.25) is 28.9 Å². The van der Waals surface area contributed by atoms with Gasteiger partial charge in [0, 0.05) is 47.1 Å². The normalized spacial score (nSPS) is 15.6. The van der Waals surface area contributed by atoms with Gasteiger partial charge in [0.05, 0.1) is 12.0 Å². The Kier molecular flexibility index (Phi) is 8.92. The Morgan fingerprint density at radius 1 is 0.739 bits per heavy atom. The van der Waals surface area contributed by atoms with Crippen LogP contribution in [-0.2, 0) is 27.2 Å². The Bertz CT molecular complexity index is 1780. The number of aliphatic carboxylic acids is 1. The molecule has 1 saturated heterocycles. The number of imide groups is 1. The van der Waals surface area contributed by atoms with Crippen LogP contribution in [-0.4, -0.2) is 65.2 Å². The number of benzene rings is 4. The fourth-order valence-corrected chi connectivity index (χ4v) is 6.52. The van der Waals surface area contributed by atoms with Gasteiger partial charge in [-0.2, -0.15) is 0 Å². The SMILES string of the molecule is O=C(CN1C(=O)c2cccc3c(N4CCCC4)ccc(c23)C1=O)NC(Cc1ccccc1)C(=O)CC(Cc1ccccc1)C(=O)O. The van der Waals surface area contributed by atoms with E-state index in [0.29, 0.717) is 16.5 Å². The monoisotopic (exact) mass is 617 g/mol. The molecule has 2 heterocycles. The van der Waals surface area contributed by atoms with Crippen molar-refractivity contribution < 1.29 is 29.1 Å². The molecule has 46 heavy (non-hydrogen) atoms. The molecule has 1 fully saturated rings. The van der Waals surface area contributed by atoms with Crippen molar-refractivity contribution in [3.63, 3.8) is 0 Å². The van der Waals surface area contributed by atoms with E-state index in [0.717, 1.165) is 53.0 Å². The Labute approximate surface area is 266 Å². The van der Waals surface area contributed by atoms with Gasteiger partial charge in [-0.25, -0.2) is 0 Å². The lowest BCUT2D eigenvalue weighted by Crippen LogP contribution is -2.50. The molecule has 2 aliphatic rings. The molecule has 0 aromatic heterocycles. The van der Waals surface area contributed by atoms with Gasteiger partial charge in [0.2, 0.25) is 5.91 Å². The summed E-state index contributed by atoms with van der Waals surface area (Å²) in [5.41, 5.74) is 3.25. The van der Waals surface area contributed by atoms with Crippen LogP contribution in [0, 0.1) is 5.92 Å². The largest absolute Gasteiger partial charge is 0.481 e. The fraction of sp³-hybridized carbons (Fsp3) is 0.270. The van der Waals surface area contributed by atoms with Crippen molar-refractivity contribution in [2.45, 2.75) is 38.1 Å². The first kappa shape index (κ1) is 30.7. The first-order valence-electron chi connectivity index (χ1n) is 15.6. The summed E-state index contributed by atoms with van der Waals surface area (Å²) in [5.74, 6) is -4.37. The Morgan fingerprint density at radius 2 is 1.35 bits per heavy atom. The lowest BCUT2D eigenvalue weighted by atomic mass is 9.90. The molecule has 3 amide bonds. The number of carboxylic acid groups (broad SMARTS) is 1. The summed E-state index contributed by atoms with van der Waals surface area (Å²) in [6.07, 6.45) is 2.17. The van der Waals surface area contributed by atoms with E-state index in [1.54, 1.807) is 18.2 Å². The number of Topliss-reactive ketones (excluding diaryl/α,β-unsaturated/α-hetero) is 1. The van der Waals surface area contributed by atoms with E-state index in [2.05, 4.69) is 10.2 Å². The molecule has 0 bridgehead atoms. The third-order valence-corrected chi connectivity index (χ3v) is 8.85. The third kappa shape index (κ3) is 6.40. The van der Waals surface area contributed by atoms with E-state index in [1.165, 1.54) is 0 Å². The van der Waals surface area contributed by atoms with Crippen molar-refractivity contribution in [3.05, 3.63) is 113 Å². The van der Waals surface area contributed by atoms with Crippen LogP contribution in [0.1, 0.15) is 51.1 Å². The molecule has 0 saturated carbocycles. The lowest BCUT2D eigenvalue weighted by molar-refractivity contribution is -0.144. The van der Waals surface area contributed by atoms with Gasteiger partial charge < -0.3 is 15.3 Å². The molecule has 2 N–H and O–H groups in total. The van der Waals surface area contributed by atoms with E-state index < -0.39 is 48.0 Å². The predicted octanol–water partition coefficient (Wildman–Crippen LogP) is 4.67. The second kappa shape index (κ2) is 13.4. The Morgan fingerprint density at radius 3 is 1.98 bits per heavy atom. The molecule has 0 spiro atoms. The second-order valence-corrected chi connectivity index (χ2v) is 12.0. The third-order valence-electron chi connectivity index (χ3n) is 8.85. The molecule has 4 aromatic carbocycles. The highest BCUT2D eigenvalue weighted by molar-refractivity contribution is 6.27. The number of nitrogens with zero attached hydrogens (tertiary/aromatic N) is 2. The molecule has 9 heteroatoms. The number of carbonyl (C=O) groups excluding carboxylic acids is 4. The van der Waals surface area contributed by atoms with Crippen LogP contribution in [0.2, 0.25) is 0 Å². The number of hydrogen-bond donors (Lipinski definition) is 2. The van der Waals surface area contributed by atoms with Crippen LogP contribution in [0.3, 0.4) is 0 Å². The highest BCUT2D eigenvalue weighted by Crippen LogP contribution is 2.37. The van der Waals surface area contributed by atoms with Gasteiger partial charge in [-0.05, 0) is 55.0 Å². The minimum atomic E-state index is -1.10. The van der Waals surface area contributed by atoms with Gasteiger partial charge >= 0.3 is 5.97 Å². The first-order chi connectivity index (χ1) is 22.3. The highest BCUT2D eigenvalue weighted by Gasteiger charge is 2.36. The maximum Gasteiger partial charge on any atom is 0.307 e. The summed E-state index contributed by atoms with van der Waals surface area (Å²) in [7, 11) is 0. The van der Waals surface area contributed by atoms with Crippen LogP contribution in [0.5, 0.6) is 0 Å². The smallest absolute Gasteiger partial charge is 0.307 e. The van der Waals surface area contributed by atoms with E-state index in [1.807, 2.05) is 72.8 Å². The molecule has 4 aromatic rings. The standard InChI is InChI=1S/C37H35N3O6/c41-32(22-26(37(45)46)20-24-10-3-1-4-11-24)30(21-25-12-5-2-6-13-25)38-33(42)23-40-35(43)28-15-9-14-27-31(39-18-7-8-19-39)17-16-29(34(27)28)36(40)44/h1-6,9-17,26,30H,7-8,18-23H2,(H,38,42)(H,45,46). The van der Waals surface area contributed by atoms with Crippen LogP contribution in [0.4, 0.5) is 5.69 Å². The average Bonchev–Trinajstić information content (AvgIpc) is 3.60.